The highest BCUT2D eigenvalue weighted by atomic mass is 16.2. The van der Waals surface area contributed by atoms with E-state index in [2.05, 4.69) is 31.0 Å². The molecule has 0 aliphatic carbocycles. The van der Waals surface area contributed by atoms with Crippen LogP contribution in [0.25, 0.3) is 0 Å². The molecule has 2 atom stereocenters. The first-order valence-electron chi connectivity index (χ1n) is 7.50. The summed E-state index contributed by atoms with van der Waals surface area (Å²) in [4.78, 5) is 12.4. The second-order valence-corrected chi connectivity index (χ2v) is 5.47. The third-order valence-electron chi connectivity index (χ3n) is 3.74. The molecule has 2 N–H and O–H groups in total. The molecular weight excluding hydrogens is 262 g/mol. The summed E-state index contributed by atoms with van der Waals surface area (Å²) in [6, 6.07) is 5.77. The predicted octanol–water partition coefficient (Wildman–Crippen LogP) is 2.89. The average molecular weight is 287 g/mol. The Morgan fingerprint density at radius 2 is 2.10 bits per heavy atom. The molecule has 0 aliphatic heterocycles. The number of carbonyl (C=O) groups is 1. The first-order chi connectivity index (χ1) is 9.99. The number of amides is 1. The van der Waals surface area contributed by atoms with Gasteiger partial charge in [-0.1, -0.05) is 38.2 Å². The third-order valence-corrected chi connectivity index (χ3v) is 3.74. The quantitative estimate of drug-likeness (QED) is 0.818. The second kappa shape index (κ2) is 8.49. The highest BCUT2D eigenvalue weighted by molar-refractivity contribution is 5.97. The number of benzene rings is 1. The van der Waals surface area contributed by atoms with Crippen LogP contribution in [-0.2, 0) is 0 Å². The number of aliphatic hydroxyl groups excluding tert-OH is 1. The van der Waals surface area contributed by atoms with Crippen molar-refractivity contribution < 1.29 is 9.90 Å². The minimum absolute atomic E-state index is 0.0331. The molecule has 0 heterocycles. The van der Waals surface area contributed by atoms with Crippen LogP contribution in [0.3, 0.4) is 0 Å². The van der Waals surface area contributed by atoms with Crippen molar-refractivity contribution >= 4 is 5.91 Å². The van der Waals surface area contributed by atoms with E-state index >= 15 is 0 Å². The van der Waals surface area contributed by atoms with Crippen LogP contribution in [0.4, 0.5) is 0 Å². The molecule has 0 aromatic heterocycles. The van der Waals surface area contributed by atoms with Gasteiger partial charge >= 0.3 is 0 Å². The molecule has 0 spiro atoms. The lowest BCUT2D eigenvalue weighted by Crippen LogP contribution is -2.37. The fourth-order valence-corrected chi connectivity index (χ4v) is 1.95. The number of rotatable bonds is 5. The van der Waals surface area contributed by atoms with Gasteiger partial charge in [0.05, 0.1) is 12.2 Å². The number of hydrogen-bond acceptors (Lipinski definition) is 2. The number of carbonyl (C=O) groups excluding carboxylic acids is 1. The van der Waals surface area contributed by atoms with Gasteiger partial charge in [-0.15, -0.1) is 0 Å². The molecule has 0 saturated heterocycles. The van der Waals surface area contributed by atoms with Gasteiger partial charge in [-0.25, -0.2) is 0 Å². The normalized spacial score (nSPS) is 13.0. The summed E-state index contributed by atoms with van der Waals surface area (Å²) < 4.78 is 0. The monoisotopic (exact) mass is 287 g/mol. The van der Waals surface area contributed by atoms with Crippen molar-refractivity contribution in [2.24, 2.45) is 5.92 Å². The molecule has 0 radical (unpaired) electrons. The zero-order chi connectivity index (χ0) is 15.8. The van der Waals surface area contributed by atoms with Crippen LogP contribution in [0, 0.1) is 24.7 Å². The largest absolute Gasteiger partial charge is 0.395 e. The SMILES string of the molecule is CCC(C)C(C)NC(=O)c1ccc(C)cc1C#CCCO. The number of nitrogens with one attached hydrogen (secondary N) is 1. The molecule has 1 amide bonds. The molecule has 1 rings (SSSR count). The van der Waals surface area contributed by atoms with Gasteiger partial charge < -0.3 is 10.4 Å². The van der Waals surface area contributed by atoms with E-state index in [9.17, 15) is 4.79 Å². The zero-order valence-electron chi connectivity index (χ0n) is 13.4. The molecule has 0 fully saturated rings. The van der Waals surface area contributed by atoms with E-state index in [4.69, 9.17) is 5.11 Å². The summed E-state index contributed by atoms with van der Waals surface area (Å²) in [6.07, 6.45) is 1.44. The van der Waals surface area contributed by atoms with Crippen LogP contribution in [-0.4, -0.2) is 23.7 Å². The van der Waals surface area contributed by atoms with Gasteiger partial charge in [-0.3, -0.25) is 4.79 Å². The zero-order valence-corrected chi connectivity index (χ0v) is 13.4. The van der Waals surface area contributed by atoms with Crippen LogP contribution in [0.15, 0.2) is 18.2 Å². The molecule has 0 aliphatic rings. The molecule has 3 nitrogen and oxygen atoms in total. The van der Waals surface area contributed by atoms with E-state index in [0.29, 0.717) is 17.9 Å². The van der Waals surface area contributed by atoms with Crippen molar-refractivity contribution in [3.63, 3.8) is 0 Å². The Morgan fingerprint density at radius 1 is 1.38 bits per heavy atom. The van der Waals surface area contributed by atoms with Crippen LogP contribution in [0.1, 0.15) is 55.1 Å². The van der Waals surface area contributed by atoms with Gasteiger partial charge in [-0.05, 0) is 37.5 Å². The molecule has 114 valence electrons. The molecule has 3 heteroatoms. The summed E-state index contributed by atoms with van der Waals surface area (Å²) in [6.45, 7) is 8.27. The van der Waals surface area contributed by atoms with Crippen LogP contribution >= 0.6 is 0 Å². The molecular formula is C18H25NO2. The summed E-state index contributed by atoms with van der Waals surface area (Å²) in [7, 11) is 0. The van der Waals surface area contributed by atoms with E-state index in [1.54, 1.807) is 0 Å². The van der Waals surface area contributed by atoms with Gasteiger partial charge in [0.25, 0.3) is 5.91 Å². The summed E-state index contributed by atoms with van der Waals surface area (Å²) in [5.41, 5.74) is 2.38. The van der Waals surface area contributed by atoms with E-state index in [1.165, 1.54) is 0 Å². The smallest absolute Gasteiger partial charge is 0.252 e. The minimum Gasteiger partial charge on any atom is -0.395 e. The van der Waals surface area contributed by atoms with Crippen molar-refractivity contribution in [1.29, 1.82) is 0 Å². The Hall–Kier alpha value is -1.79. The summed E-state index contributed by atoms with van der Waals surface area (Å²) in [5.74, 6) is 6.21. The highest BCUT2D eigenvalue weighted by Gasteiger charge is 2.16. The molecule has 1 aromatic rings. The topological polar surface area (TPSA) is 49.3 Å². The Balaban J connectivity index is 2.96. The molecule has 21 heavy (non-hydrogen) atoms. The summed E-state index contributed by atoms with van der Waals surface area (Å²) >= 11 is 0. The van der Waals surface area contributed by atoms with Gasteiger partial charge in [-0.2, -0.15) is 0 Å². The van der Waals surface area contributed by atoms with Crippen molar-refractivity contribution in [2.75, 3.05) is 6.61 Å². The van der Waals surface area contributed by atoms with Crippen LogP contribution in [0.5, 0.6) is 0 Å². The van der Waals surface area contributed by atoms with Gasteiger partial charge in [0.2, 0.25) is 0 Å². The lowest BCUT2D eigenvalue weighted by molar-refractivity contribution is 0.0928. The maximum Gasteiger partial charge on any atom is 0.252 e. The Labute approximate surface area is 127 Å². The Morgan fingerprint density at radius 3 is 2.71 bits per heavy atom. The Bertz CT molecular complexity index is 540. The lowest BCUT2D eigenvalue weighted by atomic mass is 9.99. The number of aryl methyl sites for hydroxylation is 1. The minimum atomic E-state index is -0.0869. The van der Waals surface area contributed by atoms with Gasteiger partial charge in [0, 0.05) is 18.0 Å². The van der Waals surface area contributed by atoms with E-state index in [0.717, 1.165) is 17.5 Å². The predicted molar refractivity (Wildman–Crippen MR) is 86.1 cm³/mol. The molecule has 0 bridgehead atoms. The number of hydrogen-bond donors (Lipinski definition) is 2. The Kier molecular flexibility index (Phi) is 6.98. The lowest BCUT2D eigenvalue weighted by Gasteiger charge is -2.20. The maximum absolute atomic E-state index is 12.4. The first-order valence-corrected chi connectivity index (χ1v) is 7.50. The standard InChI is InChI=1S/C18H25NO2/c1-5-14(3)15(4)19-18(21)17-10-9-13(2)12-16(17)8-6-7-11-20/h9-10,12,14-15,20H,5,7,11H2,1-4H3,(H,19,21). The van der Waals surface area contributed by atoms with E-state index in [-0.39, 0.29) is 18.6 Å². The third kappa shape index (κ3) is 5.24. The number of aliphatic hydroxyl groups is 1. The first kappa shape index (κ1) is 17.3. The van der Waals surface area contributed by atoms with Gasteiger partial charge in [0.1, 0.15) is 0 Å². The van der Waals surface area contributed by atoms with Crippen LogP contribution < -0.4 is 5.32 Å². The molecule has 2 unspecified atom stereocenters. The fourth-order valence-electron chi connectivity index (χ4n) is 1.95. The van der Waals surface area contributed by atoms with Crippen molar-refractivity contribution in [3.05, 3.63) is 34.9 Å². The fraction of sp³-hybridized carbons (Fsp3) is 0.500. The van der Waals surface area contributed by atoms with E-state index in [1.807, 2.05) is 32.0 Å². The molecule has 1 aromatic carbocycles. The van der Waals surface area contributed by atoms with E-state index < -0.39 is 0 Å². The van der Waals surface area contributed by atoms with Crippen molar-refractivity contribution in [3.8, 4) is 11.8 Å². The van der Waals surface area contributed by atoms with Crippen molar-refractivity contribution in [1.82, 2.24) is 5.32 Å². The average Bonchev–Trinajstić information content (AvgIpc) is 2.46. The highest BCUT2D eigenvalue weighted by Crippen LogP contribution is 2.13. The molecule has 0 saturated carbocycles. The van der Waals surface area contributed by atoms with Crippen molar-refractivity contribution in [2.45, 2.75) is 46.6 Å². The van der Waals surface area contributed by atoms with Gasteiger partial charge in [0.15, 0.2) is 0 Å². The second-order valence-electron chi connectivity index (χ2n) is 5.47. The maximum atomic E-state index is 12.4. The van der Waals surface area contributed by atoms with Crippen LogP contribution in [0.2, 0.25) is 0 Å². The summed E-state index contributed by atoms with van der Waals surface area (Å²) in [5, 5.41) is 11.8.